The molecular weight excluding hydrogens is 246 g/mol. The zero-order chi connectivity index (χ0) is 13.8. The molecule has 1 aliphatic carbocycles. The van der Waals surface area contributed by atoms with Gasteiger partial charge in [0.2, 0.25) is 0 Å². The van der Waals surface area contributed by atoms with Gasteiger partial charge in [0.15, 0.2) is 0 Å². The van der Waals surface area contributed by atoms with Crippen LogP contribution in [0, 0.1) is 0 Å². The lowest BCUT2D eigenvalue weighted by molar-refractivity contribution is 0.438. The molecule has 0 radical (unpaired) electrons. The monoisotopic (exact) mass is 273 g/mol. The maximum atomic E-state index is 4.96. The van der Waals surface area contributed by atoms with E-state index in [0.717, 1.165) is 31.8 Å². The molecule has 1 N–H and O–H groups in total. The molecule has 0 saturated heterocycles. The SMILES string of the molecule is CCc1nc(C2CCCCCCC2)nc2c1CCNC2. The fraction of sp³-hybridized carbons (Fsp3) is 0.765. The molecule has 1 aliphatic heterocycles. The number of aryl methyl sites for hydroxylation is 1. The molecular formula is C17H27N3. The number of hydrogen-bond donors (Lipinski definition) is 1. The van der Waals surface area contributed by atoms with Crippen LogP contribution in [0.3, 0.4) is 0 Å². The third-order valence-corrected chi connectivity index (χ3v) is 4.85. The predicted octanol–water partition coefficient (Wildman–Crippen LogP) is 3.51. The minimum absolute atomic E-state index is 0.604. The molecule has 3 rings (SSSR count). The van der Waals surface area contributed by atoms with Crippen LogP contribution >= 0.6 is 0 Å². The van der Waals surface area contributed by atoms with Gasteiger partial charge in [-0.2, -0.15) is 0 Å². The van der Waals surface area contributed by atoms with Crippen LogP contribution in [0.1, 0.15) is 80.6 Å². The van der Waals surface area contributed by atoms with E-state index in [-0.39, 0.29) is 0 Å². The Balaban J connectivity index is 1.88. The van der Waals surface area contributed by atoms with E-state index in [4.69, 9.17) is 9.97 Å². The Bertz CT molecular complexity index is 431. The third-order valence-electron chi connectivity index (χ3n) is 4.85. The summed E-state index contributed by atoms with van der Waals surface area (Å²) < 4.78 is 0. The molecule has 2 heterocycles. The first-order valence-corrected chi connectivity index (χ1v) is 8.47. The van der Waals surface area contributed by atoms with E-state index in [1.54, 1.807) is 0 Å². The molecule has 110 valence electrons. The van der Waals surface area contributed by atoms with Gasteiger partial charge in [-0.25, -0.2) is 9.97 Å². The second-order valence-electron chi connectivity index (χ2n) is 6.28. The Morgan fingerprint density at radius 2 is 1.80 bits per heavy atom. The maximum absolute atomic E-state index is 4.96. The quantitative estimate of drug-likeness (QED) is 0.896. The highest BCUT2D eigenvalue weighted by Gasteiger charge is 2.21. The molecule has 0 bridgehead atoms. The molecule has 0 spiro atoms. The van der Waals surface area contributed by atoms with Gasteiger partial charge in [-0.05, 0) is 37.8 Å². The van der Waals surface area contributed by atoms with Crippen LogP contribution < -0.4 is 5.32 Å². The van der Waals surface area contributed by atoms with Gasteiger partial charge in [0, 0.05) is 18.2 Å². The number of hydrogen-bond acceptors (Lipinski definition) is 3. The van der Waals surface area contributed by atoms with Gasteiger partial charge in [-0.15, -0.1) is 0 Å². The van der Waals surface area contributed by atoms with E-state index < -0.39 is 0 Å². The van der Waals surface area contributed by atoms with Crippen molar-refractivity contribution in [1.82, 2.24) is 15.3 Å². The summed E-state index contributed by atoms with van der Waals surface area (Å²) >= 11 is 0. The molecule has 0 amide bonds. The lowest BCUT2D eigenvalue weighted by Crippen LogP contribution is -2.27. The predicted molar refractivity (Wildman–Crippen MR) is 81.9 cm³/mol. The fourth-order valence-electron chi connectivity index (χ4n) is 3.65. The number of aromatic nitrogens is 2. The van der Waals surface area contributed by atoms with Gasteiger partial charge < -0.3 is 5.32 Å². The average Bonchev–Trinajstić information content (AvgIpc) is 2.46. The minimum atomic E-state index is 0.604. The van der Waals surface area contributed by atoms with E-state index in [1.165, 1.54) is 61.9 Å². The highest BCUT2D eigenvalue weighted by Crippen LogP contribution is 2.30. The summed E-state index contributed by atoms with van der Waals surface area (Å²) in [5, 5.41) is 3.45. The van der Waals surface area contributed by atoms with Crippen molar-refractivity contribution in [2.24, 2.45) is 0 Å². The van der Waals surface area contributed by atoms with Gasteiger partial charge >= 0.3 is 0 Å². The number of nitrogens with one attached hydrogen (secondary N) is 1. The zero-order valence-electron chi connectivity index (χ0n) is 12.7. The van der Waals surface area contributed by atoms with Crippen LogP contribution in [0.2, 0.25) is 0 Å². The van der Waals surface area contributed by atoms with E-state index in [9.17, 15) is 0 Å². The van der Waals surface area contributed by atoms with Gasteiger partial charge in [-0.3, -0.25) is 0 Å². The van der Waals surface area contributed by atoms with Crippen molar-refractivity contribution >= 4 is 0 Å². The highest BCUT2D eigenvalue weighted by atomic mass is 15.0. The smallest absolute Gasteiger partial charge is 0.132 e. The molecule has 1 aromatic heterocycles. The second-order valence-corrected chi connectivity index (χ2v) is 6.28. The summed E-state index contributed by atoms with van der Waals surface area (Å²) in [5.41, 5.74) is 4.02. The van der Waals surface area contributed by atoms with Gasteiger partial charge in [-0.1, -0.05) is 39.0 Å². The first-order chi connectivity index (χ1) is 9.88. The van der Waals surface area contributed by atoms with Crippen molar-refractivity contribution in [1.29, 1.82) is 0 Å². The highest BCUT2D eigenvalue weighted by molar-refractivity contribution is 5.29. The van der Waals surface area contributed by atoms with Crippen molar-refractivity contribution in [3.63, 3.8) is 0 Å². The first kappa shape index (κ1) is 14.0. The summed E-state index contributed by atoms with van der Waals surface area (Å²) in [6, 6.07) is 0. The van der Waals surface area contributed by atoms with Gasteiger partial charge in [0.1, 0.15) is 5.82 Å². The Morgan fingerprint density at radius 3 is 2.55 bits per heavy atom. The summed E-state index contributed by atoms with van der Waals surface area (Å²) in [4.78, 5) is 9.91. The lowest BCUT2D eigenvalue weighted by atomic mass is 9.90. The molecule has 1 fully saturated rings. The standard InChI is InChI=1S/C17H27N3/c1-2-15-14-10-11-18-12-16(14)20-17(19-15)13-8-6-4-3-5-7-9-13/h13,18H,2-12H2,1H3. The van der Waals surface area contributed by atoms with Crippen molar-refractivity contribution < 1.29 is 0 Å². The molecule has 3 nitrogen and oxygen atoms in total. The molecule has 0 unspecified atom stereocenters. The number of nitrogens with zero attached hydrogens (tertiary/aromatic N) is 2. The first-order valence-electron chi connectivity index (χ1n) is 8.47. The van der Waals surface area contributed by atoms with Gasteiger partial charge in [0.25, 0.3) is 0 Å². The summed E-state index contributed by atoms with van der Waals surface area (Å²) in [6.45, 7) is 4.24. The average molecular weight is 273 g/mol. The Labute approximate surface area is 122 Å². The molecule has 20 heavy (non-hydrogen) atoms. The topological polar surface area (TPSA) is 37.8 Å². The Hall–Kier alpha value is -0.960. The van der Waals surface area contributed by atoms with E-state index in [2.05, 4.69) is 12.2 Å². The fourth-order valence-corrected chi connectivity index (χ4v) is 3.65. The second kappa shape index (κ2) is 6.66. The van der Waals surface area contributed by atoms with Crippen molar-refractivity contribution in [3.8, 4) is 0 Å². The molecule has 3 heteroatoms. The Morgan fingerprint density at radius 1 is 1.05 bits per heavy atom. The summed E-state index contributed by atoms with van der Waals surface area (Å²) in [7, 11) is 0. The maximum Gasteiger partial charge on any atom is 0.132 e. The molecule has 0 aromatic carbocycles. The normalized spacial score (nSPS) is 21.1. The van der Waals surface area contributed by atoms with Crippen molar-refractivity contribution in [3.05, 3.63) is 22.8 Å². The Kier molecular flexibility index (Phi) is 4.66. The van der Waals surface area contributed by atoms with Crippen molar-refractivity contribution in [2.45, 2.75) is 77.2 Å². The number of fused-ring (bicyclic) bond motifs is 1. The minimum Gasteiger partial charge on any atom is -0.311 e. The van der Waals surface area contributed by atoms with Crippen LogP contribution in [0.4, 0.5) is 0 Å². The van der Waals surface area contributed by atoms with Crippen LogP contribution in [0.5, 0.6) is 0 Å². The van der Waals surface area contributed by atoms with Crippen LogP contribution in [-0.2, 0) is 19.4 Å². The molecule has 0 atom stereocenters. The molecule has 1 aromatic rings. The van der Waals surface area contributed by atoms with Crippen LogP contribution in [0.25, 0.3) is 0 Å². The number of rotatable bonds is 2. The third kappa shape index (κ3) is 3.03. The van der Waals surface area contributed by atoms with Crippen LogP contribution in [0.15, 0.2) is 0 Å². The summed E-state index contributed by atoms with van der Waals surface area (Å²) in [5.74, 6) is 1.75. The van der Waals surface area contributed by atoms with E-state index >= 15 is 0 Å². The van der Waals surface area contributed by atoms with Gasteiger partial charge in [0.05, 0.1) is 5.69 Å². The van der Waals surface area contributed by atoms with E-state index in [1.807, 2.05) is 0 Å². The van der Waals surface area contributed by atoms with Crippen LogP contribution in [-0.4, -0.2) is 16.5 Å². The molecule has 1 saturated carbocycles. The van der Waals surface area contributed by atoms with Crippen molar-refractivity contribution in [2.75, 3.05) is 6.54 Å². The summed E-state index contributed by atoms with van der Waals surface area (Å²) in [6.07, 6.45) is 11.6. The molecule has 2 aliphatic rings. The lowest BCUT2D eigenvalue weighted by Gasteiger charge is -2.23. The zero-order valence-corrected chi connectivity index (χ0v) is 12.7. The largest absolute Gasteiger partial charge is 0.311 e. The van der Waals surface area contributed by atoms with E-state index in [0.29, 0.717) is 5.92 Å².